The first kappa shape index (κ1) is 9.79. The van der Waals surface area contributed by atoms with Gasteiger partial charge in [0.2, 0.25) is 0 Å². The summed E-state index contributed by atoms with van der Waals surface area (Å²) in [5.41, 5.74) is 8.47. The molecule has 2 nitrogen and oxygen atoms in total. The summed E-state index contributed by atoms with van der Waals surface area (Å²) in [5.74, 6) is 0.870. The van der Waals surface area contributed by atoms with E-state index in [4.69, 9.17) is 5.73 Å². The second-order valence-corrected chi connectivity index (χ2v) is 4.74. The highest BCUT2D eigenvalue weighted by atomic mass is 14.7. The monoisotopic (exact) mass is 212 g/mol. The van der Waals surface area contributed by atoms with Gasteiger partial charge in [-0.05, 0) is 30.0 Å². The molecule has 1 aromatic carbocycles. The number of hydrogen-bond acceptors (Lipinski definition) is 2. The van der Waals surface area contributed by atoms with Crippen molar-refractivity contribution in [1.82, 2.24) is 4.98 Å². The molecule has 16 heavy (non-hydrogen) atoms. The van der Waals surface area contributed by atoms with Crippen molar-refractivity contribution >= 4 is 10.9 Å². The van der Waals surface area contributed by atoms with Crippen LogP contribution in [0.3, 0.4) is 0 Å². The maximum atomic E-state index is 6.20. The van der Waals surface area contributed by atoms with Crippen molar-refractivity contribution < 1.29 is 0 Å². The third-order valence-electron chi connectivity index (χ3n) is 3.34. The minimum Gasteiger partial charge on any atom is -0.324 e. The summed E-state index contributed by atoms with van der Waals surface area (Å²) < 4.78 is 0. The molecule has 0 saturated heterocycles. The molecule has 0 radical (unpaired) electrons. The predicted molar refractivity (Wildman–Crippen MR) is 66.0 cm³/mol. The van der Waals surface area contributed by atoms with Gasteiger partial charge in [-0.3, -0.25) is 4.98 Å². The molecule has 82 valence electrons. The lowest BCUT2D eigenvalue weighted by molar-refractivity contribution is 0.597. The summed E-state index contributed by atoms with van der Waals surface area (Å²) in [5, 5.41) is 1.19. The van der Waals surface area contributed by atoms with E-state index in [1.54, 1.807) is 0 Å². The molecule has 0 aliphatic heterocycles. The molecule has 1 unspecified atom stereocenters. The van der Waals surface area contributed by atoms with Crippen molar-refractivity contribution in [1.29, 1.82) is 0 Å². The summed E-state index contributed by atoms with van der Waals surface area (Å²) in [7, 11) is 0. The van der Waals surface area contributed by atoms with Gasteiger partial charge in [0, 0.05) is 17.6 Å². The fraction of sp³-hybridized carbons (Fsp3) is 0.357. The summed E-state index contributed by atoms with van der Waals surface area (Å²) in [6.45, 7) is 0. The Morgan fingerprint density at radius 3 is 3.00 bits per heavy atom. The predicted octanol–water partition coefficient (Wildman–Crippen LogP) is 3.03. The molecule has 3 rings (SSSR count). The van der Waals surface area contributed by atoms with E-state index in [1.165, 1.54) is 23.8 Å². The fourth-order valence-electron chi connectivity index (χ4n) is 2.16. The molecule has 0 bridgehead atoms. The molecular weight excluding hydrogens is 196 g/mol. The lowest BCUT2D eigenvalue weighted by Crippen LogP contribution is -2.10. The van der Waals surface area contributed by atoms with Crippen molar-refractivity contribution in [3.63, 3.8) is 0 Å². The summed E-state index contributed by atoms with van der Waals surface area (Å²) in [4.78, 5) is 4.36. The van der Waals surface area contributed by atoms with Gasteiger partial charge in [-0.25, -0.2) is 0 Å². The van der Waals surface area contributed by atoms with Crippen LogP contribution in [0.2, 0.25) is 0 Å². The van der Waals surface area contributed by atoms with E-state index in [9.17, 15) is 0 Å². The van der Waals surface area contributed by atoms with Gasteiger partial charge in [-0.15, -0.1) is 0 Å². The second kappa shape index (κ2) is 3.87. The molecule has 1 aliphatic rings. The lowest BCUT2D eigenvalue weighted by atomic mass is 10.0. The number of fused-ring (bicyclic) bond motifs is 1. The zero-order valence-corrected chi connectivity index (χ0v) is 9.26. The summed E-state index contributed by atoms with van der Waals surface area (Å²) in [6.07, 6.45) is 5.68. The van der Waals surface area contributed by atoms with Crippen molar-refractivity contribution in [3.05, 3.63) is 42.1 Å². The number of aromatic nitrogens is 1. The van der Waals surface area contributed by atoms with Gasteiger partial charge in [0.05, 0.1) is 5.52 Å². The number of hydrogen-bond donors (Lipinski definition) is 1. The van der Waals surface area contributed by atoms with E-state index >= 15 is 0 Å². The van der Waals surface area contributed by atoms with Gasteiger partial charge < -0.3 is 5.73 Å². The molecule has 1 fully saturated rings. The van der Waals surface area contributed by atoms with Crippen molar-refractivity contribution in [2.24, 2.45) is 11.7 Å². The van der Waals surface area contributed by atoms with Crippen LogP contribution in [-0.2, 0) is 0 Å². The van der Waals surface area contributed by atoms with Gasteiger partial charge in [-0.2, -0.15) is 0 Å². The number of benzene rings is 1. The van der Waals surface area contributed by atoms with Gasteiger partial charge in [0.15, 0.2) is 0 Å². The van der Waals surface area contributed by atoms with Crippen molar-refractivity contribution in [3.8, 4) is 0 Å². The molecule has 0 amide bonds. The Kier molecular flexibility index (Phi) is 2.37. The Morgan fingerprint density at radius 2 is 2.19 bits per heavy atom. The second-order valence-electron chi connectivity index (χ2n) is 4.74. The van der Waals surface area contributed by atoms with Gasteiger partial charge in [0.25, 0.3) is 0 Å². The number of nitrogens with two attached hydrogens (primary N) is 1. The molecule has 1 heterocycles. The van der Waals surface area contributed by atoms with E-state index in [0.29, 0.717) is 0 Å². The van der Waals surface area contributed by atoms with E-state index in [2.05, 4.69) is 29.2 Å². The van der Waals surface area contributed by atoms with Crippen LogP contribution in [0.15, 0.2) is 36.5 Å². The van der Waals surface area contributed by atoms with E-state index in [0.717, 1.165) is 17.9 Å². The van der Waals surface area contributed by atoms with E-state index < -0.39 is 0 Å². The highest BCUT2D eigenvalue weighted by Crippen LogP contribution is 2.36. The van der Waals surface area contributed by atoms with Gasteiger partial charge >= 0.3 is 0 Å². The largest absolute Gasteiger partial charge is 0.324 e. The molecule has 1 aliphatic carbocycles. The average Bonchev–Trinajstić information content (AvgIpc) is 3.12. The number of pyridine rings is 1. The summed E-state index contributed by atoms with van der Waals surface area (Å²) >= 11 is 0. The third-order valence-corrected chi connectivity index (χ3v) is 3.34. The Morgan fingerprint density at radius 1 is 1.31 bits per heavy atom. The van der Waals surface area contributed by atoms with Gasteiger partial charge in [-0.1, -0.05) is 31.0 Å². The lowest BCUT2D eigenvalue weighted by Gasteiger charge is -2.11. The molecule has 2 heteroatoms. The van der Waals surface area contributed by atoms with Crippen LogP contribution >= 0.6 is 0 Å². The first-order valence-corrected chi connectivity index (χ1v) is 5.93. The topological polar surface area (TPSA) is 38.9 Å². The van der Waals surface area contributed by atoms with E-state index in [-0.39, 0.29) is 6.04 Å². The van der Waals surface area contributed by atoms with Crippen LogP contribution in [-0.4, -0.2) is 4.98 Å². The number of nitrogens with zero attached hydrogens (tertiary/aromatic N) is 1. The quantitative estimate of drug-likeness (QED) is 0.849. The standard InChI is InChI=1S/C14H16N2/c15-13(8-10-3-4-10)12-6-5-11-2-1-7-16-14(11)9-12/h1-2,5-7,9-10,13H,3-4,8,15H2. The SMILES string of the molecule is NC(CC1CC1)c1ccc2cccnc2c1. The van der Waals surface area contributed by atoms with Crippen LogP contribution in [0.4, 0.5) is 0 Å². The Bertz CT molecular complexity index is 503. The molecule has 2 N–H and O–H groups in total. The molecule has 0 spiro atoms. The van der Waals surface area contributed by atoms with Crippen LogP contribution in [0.25, 0.3) is 10.9 Å². The zero-order valence-electron chi connectivity index (χ0n) is 9.26. The fourth-order valence-corrected chi connectivity index (χ4v) is 2.16. The third kappa shape index (κ3) is 1.93. The molecular formula is C14H16N2. The highest BCUT2D eigenvalue weighted by molar-refractivity contribution is 5.78. The molecule has 1 aromatic heterocycles. The molecule has 2 aromatic rings. The zero-order chi connectivity index (χ0) is 11.0. The van der Waals surface area contributed by atoms with Gasteiger partial charge in [0.1, 0.15) is 0 Å². The summed E-state index contributed by atoms with van der Waals surface area (Å²) in [6, 6.07) is 10.6. The normalized spacial score (nSPS) is 17.6. The molecule has 1 atom stereocenters. The van der Waals surface area contributed by atoms with Crippen molar-refractivity contribution in [2.45, 2.75) is 25.3 Å². The Balaban J connectivity index is 1.91. The van der Waals surface area contributed by atoms with E-state index in [1.807, 2.05) is 12.3 Å². The molecule has 1 saturated carbocycles. The first-order chi connectivity index (χ1) is 7.83. The maximum absolute atomic E-state index is 6.20. The first-order valence-electron chi connectivity index (χ1n) is 5.93. The van der Waals surface area contributed by atoms with Crippen LogP contribution in [0.1, 0.15) is 30.9 Å². The Labute approximate surface area is 95.5 Å². The van der Waals surface area contributed by atoms with Crippen LogP contribution in [0.5, 0.6) is 0 Å². The maximum Gasteiger partial charge on any atom is 0.0705 e. The van der Waals surface area contributed by atoms with Crippen molar-refractivity contribution in [2.75, 3.05) is 0 Å². The Hall–Kier alpha value is -1.41. The highest BCUT2D eigenvalue weighted by Gasteiger charge is 2.24. The average molecular weight is 212 g/mol. The smallest absolute Gasteiger partial charge is 0.0705 e. The minimum atomic E-state index is 0.180. The number of rotatable bonds is 3. The minimum absolute atomic E-state index is 0.180. The van der Waals surface area contributed by atoms with Crippen LogP contribution in [0, 0.1) is 5.92 Å². The van der Waals surface area contributed by atoms with Crippen LogP contribution < -0.4 is 5.73 Å².